The van der Waals surface area contributed by atoms with Crippen LogP contribution in [0.3, 0.4) is 0 Å². The van der Waals surface area contributed by atoms with E-state index < -0.39 is 18.1 Å². The van der Waals surface area contributed by atoms with Crippen molar-refractivity contribution in [1.82, 2.24) is 10.2 Å². The Labute approximate surface area is 156 Å². The topological polar surface area (TPSA) is 58.6 Å². The lowest BCUT2D eigenvalue weighted by Gasteiger charge is -2.40. The predicted molar refractivity (Wildman–Crippen MR) is 94.4 cm³/mol. The summed E-state index contributed by atoms with van der Waals surface area (Å²) < 4.78 is 42.8. The number of nitrogens with one attached hydrogen (secondary N) is 1. The van der Waals surface area contributed by atoms with Crippen LogP contribution in [0, 0.1) is 13.8 Å². The quantitative estimate of drug-likeness (QED) is 0.846. The molecule has 0 aliphatic carbocycles. The predicted octanol–water partition coefficient (Wildman–Crippen LogP) is 3.13. The molecule has 1 aliphatic heterocycles. The fraction of sp³-hybridized carbons (Fsp3) is 0.579. The molecule has 8 heteroatoms. The Morgan fingerprint density at radius 2 is 1.81 bits per heavy atom. The number of benzene rings is 1. The van der Waals surface area contributed by atoms with Gasteiger partial charge in [-0.1, -0.05) is 6.07 Å². The molecule has 1 N–H and O–H groups in total. The van der Waals surface area contributed by atoms with Crippen molar-refractivity contribution in [1.29, 1.82) is 0 Å². The van der Waals surface area contributed by atoms with Gasteiger partial charge in [0.1, 0.15) is 5.75 Å². The number of carbonyl (C=O) groups is 2. The van der Waals surface area contributed by atoms with Gasteiger partial charge in [-0.3, -0.25) is 9.59 Å². The van der Waals surface area contributed by atoms with Crippen LogP contribution in [0.4, 0.5) is 13.2 Å². The average molecular weight is 386 g/mol. The number of carbonyl (C=O) groups excluding carboxylic acids is 2. The largest absolute Gasteiger partial charge is 0.484 e. The number of ether oxygens (including phenoxy) is 1. The number of rotatable bonds is 5. The molecule has 0 aromatic heterocycles. The van der Waals surface area contributed by atoms with Gasteiger partial charge in [0, 0.05) is 18.6 Å². The molecular formula is C19H25F3N2O3. The molecular weight excluding hydrogens is 361 g/mol. The zero-order chi connectivity index (χ0) is 20.2. The van der Waals surface area contributed by atoms with Crippen molar-refractivity contribution < 1.29 is 27.5 Å². The minimum atomic E-state index is -4.93. The third-order valence-corrected chi connectivity index (χ3v) is 4.63. The second kappa shape index (κ2) is 8.63. The van der Waals surface area contributed by atoms with Gasteiger partial charge in [0.05, 0.1) is 0 Å². The average Bonchev–Trinajstić information content (AvgIpc) is 2.55. The van der Waals surface area contributed by atoms with Crippen LogP contribution in [0.15, 0.2) is 18.2 Å². The van der Waals surface area contributed by atoms with E-state index in [1.54, 1.807) is 4.90 Å². The summed E-state index contributed by atoms with van der Waals surface area (Å²) in [4.78, 5) is 25.3. The zero-order valence-corrected chi connectivity index (χ0v) is 15.7. The van der Waals surface area contributed by atoms with Crippen molar-refractivity contribution >= 4 is 11.8 Å². The van der Waals surface area contributed by atoms with Crippen LogP contribution in [0.2, 0.25) is 0 Å². The molecule has 0 saturated carbocycles. The molecule has 0 unspecified atom stereocenters. The summed E-state index contributed by atoms with van der Waals surface area (Å²) in [6.07, 6.45) is -2.84. The van der Waals surface area contributed by atoms with E-state index in [1.165, 1.54) is 0 Å². The van der Waals surface area contributed by atoms with E-state index in [-0.39, 0.29) is 25.1 Å². The maximum absolute atomic E-state index is 12.7. The van der Waals surface area contributed by atoms with Crippen LogP contribution < -0.4 is 10.1 Å². The number of alkyl halides is 3. The molecule has 2 amide bonds. The number of hydrogen-bond donors (Lipinski definition) is 1. The standard InChI is InChI=1S/C19H25F3N2O3/c1-12-7-13(2)9-16(8-12)27-11-17(25)24-14(3)5-4-6-15(24)10-23-18(26)19(20,21)22/h7-9,14-15H,4-6,10-11H2,1-3H3,(H,23,26)/t14-,15-/m1/s1. The fourth-order valence-electron chi connectivity index (χ4n) is 3.48. The lowest BCUT2D eigenvalue weighted by molar-refractivity contribution is -0.174. The Morgan fingerprint density at radius 1 is 1.19 bits per heavy atom. The first-order valence-corrected chi connectivity index (χ1v) is 8.95. The molecule has 0 spiro atoms. The third kappa shape index (κ3) is 5.87. The monoisotopic (exact) mass is 386 g/mol. The summed E-state index contributed by atoms with van der Waals surface area (Å²) in [6, 6.07) is 5.03. The SMILES string of the molecule is Cc1cc(C)cc(OCC(=O)N2[C@@H](CNC(=O)C(F)(F)F)CCC[C@H]2C)c1. The van der Waals surface area contributed by atoms with Crippen molar-refractivity contribution in [2.24, 2.45) is 0 Å². The number of hydrogen-bond acceptors (Lipinski definition) is 3. The van der Waals surface area contributed by atoms with Gasteiger partial charge in [-0.05, 0) is 63.3 Å². The van der Waals surface area contributed by atoms with E-state index in [9.17, 15) is 22.8 Å². The van der Waals surface area contributed by atoms with Crippen molar-refractivity contribution in [2.75, 3.05) is 13.2 Å². The van der Waals surface area contributed by atoms with Gasteiger partial charge >= 0.3 is 12.1 Å². The lowest BCUT2D eigenvalue weighted by Crippen LogP contribution is -2.55. The lowest BCUT2D eigenvalue weighted by atomic mass is 9.96. The summed E-state index contributed by atoms with van der Waals surface area (Å²) in [6.45, 7) is 5.28. The Bertz CT molecular complexity index is 671. The number of amides is 2. The molecule has 5 nitrogen and oxygen atoms in total. The number of halogens is 3. The van der Waals surface area contributed by atoms with Crippen LogP contribution in [-0.2, 0) is 9.59 Å². The first-order chi connectivity index (χ1) is 12.6. The molecule has 1 fully saturated rings. The Hall–Kier alpha value is -2.25. The molecule has 1 aromatic rings. The summed E-state index contributed by atoms with van der Waals surface area (Å²) >= 11 is 0. The van der Waals surface area contributed by atoms with Crippen molar-refractivity contribution in [3.63, 3.8) is 0 Å². The van der Waals surface area contributed by atoms with Gasteiger partial charge in [0.25, 0.3) is 5.91 Å². The van der Waals surface area contributed by atoms with Crippen molar-refractivity contribution in [3.05, 3.63) is 29.3 Å². The smallest absolute Gasteiger partial charge is 0.471 e. The molecule has 1 aromatic carbocycles. The second-order valence-corrected chi connectivity index (χ2v) is 7.05. The van der Waals surface area contributed by atoms with Gasteiger partial charge in [0.15, 0.2) is 6.61 Å². The van der Waals surface area contributed by atoms with Crippen LogP contribution in [0.5, 0.6) is 5.75 Å². The van der Waals surface area contributed by atoms with Crippen molar-refractivity contribution in [3.8, 4) is 5.75 Å². The maximum Gasteiger partial charge on any atom is 0.471 e. The van der Waals surface area contributed by atoms with Gasteiger partial charge < -0.3 is 15.0 Å². The van der Waals surface area contributed by atoms with E-state index in [0.717, 1.165) is 24.0 Å². The van der Waals surface area contributed by atoms with Crippen LogP contribution >= 0.6 is 0 Å². The summed E-state index contributed by atoms with van der Waals surface area (Å²) in [5.41, 5.74) is 2.02. The molecule has 1 heterocycles. The van der Waals surface area contributed by atoms with E-state index in [0.29, 0.717) is 12.2 Å². The van der Waals surface area contributed by atoms with Gasteiger partial charge in [0.2, 0.25) is 0 Å². The van der Waals surface area contributed by atoms with Crippen LogP contribution in [0.25, 0.3) is 0 Å². The Balaban J connectivity index is 2.00. The minimum absolute atomic E-state index is 0.123. The number of likely N-dealkylation sites (tertiary alicyclic amines) is 1. The highest BCUT2D eigenvalue weighted by atomic mass is 19.4. The van der Waals surface area contributed by atoms with Gasteiger partial charge in [-0.25, -0.2) is 0 Å². The first-order valence-electron chi connectivity index (χ1n) is 8.95. The summed E-state index contributed by atoms with van der Waals surface area (Å²) in [5.74, 6) is -1.71. The summed E-state index contributed by atoms with van der Waals surface area (Å²) in [7, 11) is 0. The number of aryl methyl sites for hydroxylation is 2. The molecule has 0 radical (unpaired) electrons. The van der Waals surface area contributed by atoms with Crippen LogP contribution in [-0.4, -0.2) is 48.1 Å². The molecule has 2 atom stereocenters. The minimum Gasteiger partial charge on any atom is -0.484 e. The molecule has 0 bridgehead atoms. The Morgan fingerprint density at radius 3 is 2.41 bits per heavy atom. The molecule has 27 heavy (non-hydrogen) atoms. The van der Waals surface area contributed by atoms with E-state index in [1.807, 2.05) is 44.3 Å². The Kier molecular flexibility index (Phi) is 6.73. The van der Waals surface area contributed by atoms with E-state index >= 15 is 0 Å². The van der Waals surface area contributed by atoms with Crippen molar-refractivity contribution in [2.45, 2.75) is 58.3 Å². The molecule has 2 rings (SSSR count). The van der Waals surface area contributed by atoms with E-state index in [2.05, 4.69) is 0 Å². The number of nitrogens with zero attached hydrogens (tertiary/aromatic N) is 1. The molecule has 150 valence electrons. The summed E-state index contributed by atoms with van der Waals surface area (Å²) in [5, 5.41) is 1.89. The first kappa shape index (κ1) is 21.1. The number of piperidine rings is 1. The highest BCUT2D eigenvalue weighted by Crippen LogP contribution is 2.24. The second-order valence-electron chi connectivity index (χ2n) is 7.05. The normalized spacial score (nSPS) is 20.3. The van der Waals surface area contributed by atoms with Gasteiger partial charge in [-0.2, -0.15) is 13.2 Å². The van der Waals surface area contributed by atoms with E-state index in [4.69, 9.17) is 4.74 Å². The third-order valence-electron chi connectivity index (χ3n) is 4.63. The maximum atomic E-state index is 12.7. The van der Waals surface area contributed by atoms with Crippen LogP contribution in [0.1, 0.15) is 37.3 Å². The van der Waals surface area contributed by atoms with Gasteiger partial charge in [-0.15, -0.1) is 0 Å². The fourth-order valence-corrected chi connectivity index (χ4v) is 3.48. The zero-order valence-electron chi connectivity index (χ0n) is 15.7. The molecule has 1 saturated heterocycles. The highest BCUT2D eigenvalue weighted by molar-refractivity contribution is 5.82. The highest BCUT2D eigenvalue weighted by Gasteiger charge is 2.40. The molecule has 1 aliphatic rings.